The lowest BCUT2D eigenvalue weighted by atomic mass is 9.87. The smallest absolute Gasteiger partial charge is 0.246 e. The van der Waals surface area contributed by atoms with Crippen LogP contribution >= 0.6 is 0 Å². The first kappa shape index (κ1) is 16.4. The second-order valence-electron chi connectivity index (χ2n) is 8.09. The average molecular weight is 365 g/mol. The van der Waals surface area contributed by atoms with Crippen molar-refractivity contribution in [3.05, 3.63) is 41.1 Å². The highest BCUT2D eigenvalue weighted by atomic mass is 16.3. The number of aromatic hydroxyl groups is 1. The molecule has 27 heavy (non-hydrogen) atoms. The van der Waals surface area contributed by atoms with Gasteiger partial charge >= 0.3 is 0 Å². The van der Waals surface area contributed by atoms with Gasteiger partial charge in [-0.2, -0.15) is 0 Å². The first-order valence-electron chi connectivity index (χ1n) is 9.57. The Balaban J connectivity index is 1.72. The Labute approximate surface area is 157 Å². The first-order chi connectivity index (χ1) is 13.0. The van der Waals surface area contributed by atoms with Gasteiger partial charge in [0.15, 0.2) is 0 Å². The quantitative estimate of drug-likeness (QED) is 0.763. The summed E-state index contributed by atoms with van der Waals surface area (Å²) in [5.74, 6) is 0.333. The van der Waals surface area contributed by atoms with Crippen LogP contribution < -0.4 is 0 Å². The van der Waals surface area contributed by atoms with E-state index in [9.17, 15) is 14.7 Å². The maximum absolute atomic E-state index is 13.3. The van der Waals surface area contributed by atoms with Gasteiger partial charge in [0.2, 0.25) is 11.8 Å². The number of phenolic OH excluding ortho intramolecular Hbond substituents is 1. The van der Waals surface area contributed by atoms with Crippen molar-refractivity contribution in [1.29, 1.82) is 0 Å². The Bertz CT molecular complexity index is 1000. The summed E-state index contributed by atoms with van der Waals surface area (Å²) in [5.41, 5.74) is 3.97. The van der Waals surface area contributed by atoms with Gasteiger partial charge in [0.05, 0.1) is 6.04 Å². The number of aromatic amines is 1. The Morgan fingerprint density at radius 1 is 1.22 bits per heavy atom. The van der Waals surface area contributed by atoms with Crippen LogP contribution in [0.15, 0.2) is 29.8 Å². The van der Waals surface area contributed by atoms with Crippen molar-refractivity contribution in [1.82, 2.24) is 14.8 Å². The maximum atomic E-state index is 13.3. The van der Waals surface area contributed by atoms with E-state index in [2.05, 4.69) is 11.1 Å². The highest BCUT2D eigenvalue weighted by Gasteiger charge is 2.52. The molecule has 2 saturated heterocycles. The number of hydrogen-bond donors (Lipinski definition) is 2. The second-order valence-corrected chi connectivity index (χ2v) is 8.09. The summed E-state index contributed by atoms with van der Waals surface area (Å²) in [5, 5.41) is 10.9. The third kappa shape index (κ3) is 2.25. The van der Waals surface area contributed by atoms with E-state index in [1.165, 1.54) is 0 Å². The molecule has 0 aliphatic carbocycles. The second kappa shape index (κ2) is 5.62. The van der Waals surface area contributed by atoms with Crippen molar-refractivity contribution in [2.45, 2.75) is 51.2 Å². The Kier molecular flexibility index (Phi) is 3.41. The van der Waals surface area contributed by atoms with Gasteiger partial charge in [0, 0.05) is 35.6 Å². The van der Waals surface area contributed by atoms with Crippen molar-refractivity contribution >= 4 is 22.7 Å². The molecule has 6 heteroatoms. The molecule has 2 N–H and O–H groups in total. The molecule has 2 fully saturated rings. The number of piperazine rings is 1. The number of allylic oxidation sites excluding steroid dienone is 1. The number of aromatic nitrogens is 1. The molecule has 1 aromatic heterocycles. The monoisotopic (exact) mass is 365 g/mol. The van der Waals surface area contributed by atoms with E-state index in [1.54, 1.807) is 21.9 Å². The van der Waals surface area contributed by atoms with Gasteiger partial charge in [-0.15, -0.1) is 0 Å². The molecule has 4 heterocycles. The molecule has 140 valence electrons. The van der Waals surface area contributed by atoms with Crippen LogP contribution in [0.4, 0.5) is 0 Å². The number of nitrogens with one attached hydrogen (secondary N) is 1. The predicted octanol–water partition coefficient (Wildman–Crippen LogP) is 2.64. The predicted molar refractivity (Wildman–Crippen MR) is 101 cm³/mol. The molecule has 3 unspecified atom stereocenters. The van der Waals surface area contributed by atoms with Crippen LogP contribution in [0.5, 0.6) is 5.75 Å². The van der Waals surface area contributed by atoms with Gasteiger partial charge < -0.3 is 19.9 Å². The maximum Gasteiger partial charge on any atom is 0.246 e. The number of nitrogens with zero attached hydrogens (tertiary/aromatic N) is 2. The van der Waals surface area contributed by atoms with Gasteiger partial charge in [0.1, 0.15) is 17.8 Å². The Morgan fingerprint density at radius 3 is 2.81 bits per heavy atom. The minimum absolute atomic E-state index is 0.0618. The van der Waals surface area contributed by atoms with Crippen molar-refractivity contribution in [3.63, 3.8) is 0 Å². The third-order valence-electron chi connectivity index (χ3n) is 6.10. The van der Waals surface area contributed by atoms with E-state index < -0.39 is 6.04 Å². The highest BCUT2D eigenvalue weighted by molar-refractivity contribution is 5.99. The lowest BCUT2D eigenvalue weighted by Gasteiger charge is -2.47. The fourth-order valence-electron chi connectivity index (χ4n) is 4.99. The van der Waals surface area contributed by atoms with E-state index in [-0.39, 0.29) is 29.6 Å². The number of hydrogen-bond acceptors (Lipinski definition) is 3. The van der Waals surface area contributed by atoms with E-state index >= 15 is 0 Å². The van der Waals surface area contributed by atoms with Crippen molar-refractivity contribution in [2.75, 3.05) is 6.54 Å². The Hall–Kier alpha value is -2.76. The summed E-state index contributed by atoms with van der Waals surface area (Å²) in [7, 11) is 0. The minimum Gasteiger partial charge on any atom is -0.508 e. The van der Waals surface area contributed by atoms with Crippen LogP contribution in [0.25, 0.3) is 10.9 Å². The molecule has 0 bridgehead atoms. The molecule has 0 spiro atoms. The van der Waals surface area contributed by atoms with Gasteiger partial charge in [-0.25, -0.2) is 0 Å². The number of phenols is 1. The molecule has 0 radical (unpaired) electrons. The zero-order valence-electron chi connectivity index (χ0n) is 15.5. The summed E-state index contributed by atoms with van der Waals surface area (Å²) in [6.45, 7) is 4.70. The lowest BCUT2D eigenvalue weighted by Crippen LogP contribution is -2.65. The summed E-state index contributed by atoms with van der Waals surface area (Å²) in [6.07, 6.45) is 4.23. The molecule has 2 amide bonds. The van der Waals surface area contributed by atoms with Gasteiger partial charge in [-0.3, -0.25) is 9.59 Å². The largest absolute Gasteiger partial charge is 0.508 e. The molecule has 6 nitrogen and oxygen atoms in total. The molecular formula is C21H23N3O3. The number of carbonyl (C=O) groups excluding carboxylic acids is 2. The van der Waals surface area contributed by atoms with E-state index in [0.29, 0.717) is 13.0 Å². The van der Waals surface area contributed by atoms with Crippen LogP contribution in [0.1, 0.15) is 44.0 Å². The van der Waals surface area contributed by atoms with Gasteiger partial charge in [-0.05, 0) is 44.4 Å². The van der Waals surface area contributed by atoms with Crippen molar-refractivity contribution in [2.24, 2.45) is 0 Å². The SMILES string of the molecule is CC(C)=CC1c2[nH]c3cc(O)ccc3c2CC2C(=O)N3CCCC3C(=O)N21. The first-order valence-corrected chi connectivity index (χ1v) is 9.57. The summed E-state index contributed by atoms with van der Waals surface area (Å²) >= 11 is 0. The molecule has 5 rings (SSSR count). The number of H-pyrrole nitrogens is 1. The van der Waals surface area contributed by atoms with Gasteiger partial charge in [-0.1, -0.05) is 11.6 Å². The number of benzene rings is 1. The fourth-order valence-corrected chi connectivity index (χ4v) is 4.99. The fraction of sp³-hybridized carbons (Fsp3) is 0.429. The standard InChI is InChI=1S/C21H23N3O3/c1-11(2)8-17-19-14(13-6-5-12(25)9-15(13)22-19)10-18-20(26)23-7-3-4-16(23)21(27)24(17)18/h5-6,8-9,16-18,22,25H,3-4,7,10H2,1-2H3. The zero-order valence-corrected chi connectivity index (χ0v) is 15.5. The molecule has 2 aromatic rings. The summed E-state index contributed by atoms with van der Waals surface area (Å²) in [6, 6.07) is 4.22. The van der Waals surface area contributed by atoms with E-state index in [4.69, 9.17) is 0 Å². The lowest BCUT2D eigenvalue weighted by molar-refractivity contribution is -0.162. The molecular weight excluding hydrogens is 342 g/mol. The van der Waals surface area contributed by atoms with Crippen LogP contribution in [0.2, 0.25) is 0 Å². The number of carbonyl (C=O) groups is 2. The zero-order chi connectivity index (χ0) is 18.9. The molecule has 3 atom stereocenters. The average Bonchev–Trinajstić information content (AvgIpc) is 3.23. The molecule has 0 saturated carbocycles. The third-order valence-corrected chi connectivity index (χ3v) is 6.10. The van der Waals surface area contributed by atoms with Crippen LogP contribution in [0, 0.1) is 0 Å². The Morgan fingerprint density at radius 2 is 2.04 bits per heavy atom. The minimum atomic E-state index is -0.451. The molecule has 3 aliphatic heterocycles. The van der Waals surface area contributed by atoms with Crippen LogP contribution in [0.3, 0.4) is 0 Å². The topological polar surface area (TPSA) is 76.6 Å². The van der Waals surface area contributed by atoms with Crippen LogP contribution in [-0.2, 0) is 16.0 Å². The summed E-state index contributed by atoms with van der Waals surface area (Å²) < 4.78 is 0. The highest BCUT2D eigenvalue weighted by Crippen LogP contribution is 2.43. The summed E-state index contributed by atoms with van der Waals surface area (Å²) in [4.78, 5) is 33.5. The van der Waals surface area contributed by atoms with Crippen LogP contribution in [-0.4, -0.2) is 50.3 Å². The van der Waals surface area contributed by atoms with E-state index in [0.717, 1.165) is 40.6 Å². The van der Waals surface area contributed by atoms with Crippen molar-refractivity contribution in [3.8, 4) is 5.75 Å². The molecule has 3 aliphatic rings. The normalized spacial score (nSPS) is 26.8. The number of fused-ring (bicyclic) bond motifs is 5. The molecule has 1 aromatic carbocycles. The number of amides is 2. The van der Waals surface area contributed by atoms with Crippen molar-refractivity contribution < 1.29 is 14.7 Å². The number of rotatable bonds is 1. The van der Waals surface area contributed by atoms with Gasteiger partial charge in [0.25, 0.3) is 0 Å². The van der Waals surface area contributed by atoms with E-state index in [1.807, 2.05) is 19.9 Å².